The van der Waals surface area contributed by atoms with E-state index in [1.165, 1.54) is 66.8 Å². The van der Waals surface area contributed by atoms with E-state index in [4.69, 9.17) is 21.8 Å². The van der Waals surface area contributed by atoms with Crippen LogP contribution in [0.5, 0.6) is 0 Å². The first-order valence-corrected chi connectivity index (χ1v) is 39.3. The molecule has 116 heavy (non-hydrogen) atoms. The fourth-order valence-electron chi connectivity index (χ4n) is 16.6. The molecule has 0 spiro atoms. The third-order valence-electron chi connectivity index (χ3n) is 22.5. The zero-order chi connectivity index (χ0) is 83.0. The van der Waals surface area contributed by atoms with Crippen molar-refractivity contribution in [1.82, 2.24) is 19.9 Å². The van der Waals surface area contributed by atoms with E-state index in [0.29, 0.717) is 34.0 Å². The molecule has 0 saturated carbocycles. The fourth-order valence-corrected chi connectivity index (χ4v) is 16.6. The van der Waals surface area contributed by atoms with Gasteiger partial charge in [0.15, 0.2) is 47.1 Å². The molecule has 8 aromatic carbocycles. The lowest BCUT2D eigenvalue weighted by molar-refractivity contribution is -0.660. The molecule has 0 saturated heterocycles. The summed E-state index contributed by atoms with van der Waals surface area (Å²) in [6, 6.07) is 83.6. The minimum atomic E-state index is -2.23. The summed E-state index contributed by atoms with van der Waals surface area (Å²) in [5.41, 5.74) is 36.0. The fraction of sp³-hybridized carbons (Fsp3) is 0.154. The van der Waals surface area contributed by atoms with Crippen molar-refractivity contribution in [2.45, 2.75) is 83.0 Å². The normalized spacial score (nSPS) is 11.9. The maximum Gasteiger partial charge on any atom is 0.227 e. The van der Waals surface area contributed by atoms with Gasteiger partial charge < -0.3 is 17.7 Å². The van der Waals surface area contributed by atoms with E-state index in [9.17, 15) is 0 Å². The van der Waals surface area contributed by atoms with Crippen LogP contribution in [0.25, 0.3) is 178 Å². The van der Waals surface area contributed by atoms with Gasteiger partial charge >= 0.3 is 0 Å². The largest absolute Gasteiger partial charge is 0.437 e. The number of aromatic nitrogens is 8. The number of aryl methyl sites for hydroxylation is 16. The standard InChI is InChI=1S/C27H25N2O.2C26H23N2O.C25H21N2O/c1-16-13-17(2)25(26-24(16)21-12-11-19(4)28-27(21)30-26)23-14-22(18(3)15-29(23)5)20-9-7-6-8-10-20;1-16-10-12-20-21-13-11-18(3)27-26(21)29-25(20)24(16)23-14-22(17(2)15-28(23)4)19-8-6-5-7-9-19;1-16-14-17(2)24(25-23(16)21-11-10-18(3)27-26(21)29-25)22-15-20(12-13-28(22)4)19-8-6-5-7-9-19;1-16-9-11-20-21-12-10-17(2)26-25(21)28-24(20)23(16)22-15-19(13-14-27(22)3)18-7-5-4-6-8-18/h6-15H,1-5H3;2*5-15H,1-4H3;4-15H,1-3H3/q4*+1/i;2D3;;. The van der Waals surface area contributed by atoms with Gasteiger partial charge in [-0.2, -0.15) is 0 Å². The van der Waals surface area contributed by atoms with Crippen LogP contribution in [0, 0.1) is 83.0 Å². The van der Waals surface area contributed by atoms with Gasteiger partial charge in [-0.05, 0) is 209 Å². The average molecular weight is 1520 g/mol. The van der Waals surface area contributed by atoms with Crippen molar-refractivity contribution >= 4 is 88.3 Å². The summed E-state index contributed by atoms with van der Waals surface area (Å²) in [4.78, 5) is 18.4. The smallest absolute Gasteiger partial charge is 0.227 e. The zero-order valence-corrected chi connectivity index (χ0v) is 68.1. The van der Waals surface area contributed by atoms with Crippen molar-refractivity contribution in [2.75, 3.05) is 0 Å². The van der Waals surface area contributed by atoms with Crippen molar-refractivity contribution < 1.29 is 40.0 Å². The van der Waals surface area contributed by atoms with Gasteiger partial charge in [0, 0.05) is 118 Å². The number of nitrogens with zero attached hydrogens (tertiary/aromatic N) is 8. The zero-order valence-electron chi connectivity index (χ0n) is 71.1. The van der Waals surface area contributed by atoms with E-state index in [1.54, 1.807) is 6.20 Å². The van der Waals surface area contributed by atoms with Gasteiger partial charge in [-0.25, -0.2) is 38.2 Å². The van der Waals surface area contributed by atoms with Crippen LogP contribution in [0.2, 0.25) is 0 Å². The first kappa shape index (κ1) is 71.2. The molecule has 20 aromatic rings. The Morgan fingerprint density at radius 1 is 0.250 bits per heavy atom. The third kappa shape index (κ3) is 13.9. The van der Waals surface area contributed by atoms with Crippen molar-refractivity contribution in [1.29, 1.82) is 0 Å². The predicted octanol–water partition coefficient (Wildman–Crippen LogP) is 24.3. The molecular weight excluding hydrogens is 1430 g/mol. The van der Waals surface area contributed by atoms with Crippen molar-refractivity contribution in [3.63, 3.8) is 0 Å². The number of pyridine rings is 8. The first-order valence-electron chi connectivity index (χ1n) is 40.8. The van der Waals surface area contributed by atoms with Gasteiger partial charge in [0.1, 0.15) is 28.2 Å². The summed E-state index contributed by atoms with van der Waals surface area (Å²) in [5, 5.41) is 8.58. The van der Waals surface area contributed by atoms with Crippen LogP contribution in [0.1, 0.15) is 71.4 Å². The Bertz CT molecular complexity index is 7390. The molecule has 12 heteroatoms. The molecule has 0 aliphatic heterocycles. The van der Waals surface area contributed by atoms with Gasteiger partial charge in [0.05, 0.1) is 22.3 Å². The van der Waals surface area contributed by atoms with Gasteiger partial charge in [-0.15, -0.1) is 0 Å². The Kier molecular flexibility index (Phi) is 18.8. The SMILES string of the molecule is Cc1ccc2c(n1)oc1c(-c3cc(-c4ccccc4)c(C)c[n+]3C)c(C)cc(C)c12.Cc1ccc2c(n1)oc1c(-c3cc(-c4ccccc4)cc[n+]3C)c(C)cc(C)c12.Cc1ccc2c(n1)oc1c(-c3cc(-c4ccccc4)cc[n+]3C)c(C)ccc12.[2H]C([2H])([2H])c1c[n+](C)c(-c2c(C)ccc3c2oc2nc(C)ccc23)cc1-c1ccccc1. The Morgan fingerprint density at radius 2 is 0.560 bits per heavy atom. The lowest BCUT2D eigenvalue weighted by Crippen LogP contribution is -2.31. The molecule has 0 fully saturated rings. The van der Waals surface area contributed by atoms with Crippen LogP contribution in [0.4, 0.5) is 0 Å². The molecule has 0 unspecified atom stereocenters. The van der Waals surface area contributed by atoms with Crippen LogP contribution >= 0.6 is 0 Å². The molecule has 0 N–H and O–H groups in total. The molecule has 20 rings (SSSR count). The van der Waals surface area contributed by atoms with E-state index in [2.05, 4.69) is 285 Å². The van der Waals surface area contributed by atoms with Gasteiger partial charge in [-0.1, -0.05) is 158 Å². The molecule has 0 aliphatic carbocycles. The molecule has 12 nitrogen and oxygen atoms in total. The third-order valence-corrected chi connectivity index (χ3v) is 22.5. The summed E-state index contributed by atoms with van der Waals surface area (Å²) in [7, 11) is 8.14. The second-order valence-electron chi connectivity index (χ2n) is 30.8. The molecule has 0 radical (unpaired) electrons. The maximum atomic E-state index is 8.09. The molecule has 12 heterocycles. The average Bonchev–Trinajstić information content (AvgIpc) is 1.65. The lowest BCUT2D eigenvalue weighted by atomic mass is 9.94. The number of hydrogen-bond acceptors (Lipinski definition) is 8. The minimum Gasteiger partial charge on any atom is -0.437 e. The van der Waals surface area contributed by atoms with Gasteiger partial charge in [-0.3, -0.25) is 0 Å². The highest BCUT2D eigenvalue weighted by molar-refractivity contribution is 6.13. The van der Waals surface area contributed by atoms with E-state index < -0.39 is 6.85 Å². The highest BCUT2D eigenvalue weighted by atomic mass is 16.4. The van der Waals surface area contributed by atoms with Crippen LogP contribution in [0.15, 0.2) is 285 Å². The number of rotatable bonds is 8. The van der Waals surface area contributed by atoms with E-state index in [-0.39, 0.29) is 0 Å². The molecule has 568 valence electrons. The topological polar surface area (TPSA) is 120 Å². The molecular formula is C104H92N8O4+4. The van der Waals surface area contributed by atoms with Crippen LogP contribution in [-0.4, -0.2) is 19.9 Å². The number of fused-ring (bicyclic) bond motifs is 12. The second kappa shape index (κ2) is 30.6. The van der Waals surface area contributed by atoms with Crippen molar-refractivity contribution in [2.24, 2.45) is 28.2 Å². The number of hydrogen-bond donors (Lipinski definition) is 0. The molecule has 0 aliphatic rings. The number of benzene rings is 8. The predicted molar refractivity (Wildman–Crippen MR) is 471 cm³/mol. The van der Waals surface area contributed by atoms with Crippen LogP contribution in [0.3, 0.4) is 0 Å². The molecule has 12 aromatic heterocycles. The van der Waals surface area contributed by atoms with Crippen LogP contribution in [-0.2, 0) is 28.2 Å². The van der Waals surface area contributed by atoms with Gasteiger partial charge in [0.2, 0.25) is 45.6 Å². The highest BCUT2D eigenvalue weighted by Crippen LogP contribution is 2.44. The summed E-state index contributed by atoms with van der Waals surface area (Å²) in [5.74, 6) is 0. The number of furan rings is 4. The first-order chi connectivity index (χ1) is 57.3. The van der Waals surface area contributed by atoms with Crippen molar-refractivity contribution in [3.8, 4) is 89.5 Å². The summed E-state index contributed by atoms with van der Waals surface area (Å²) < 4.78 is 58.0. The Balaban J connectivity index is 0.000000114. The Hall–Kier alpha value is -13.8. The van der Waals surface area contributed by atoms with Crippen molar-refractivity contribution in [3.05, 3.63) is 335 Å². The van der Waals surface area contributed by atoms with E-state index in [0.717, 1.165) is 144 Å². The second-order valence-corrected chi connectivity index (χ2v) is 30.8. The Labute approximate surface area is 679 Å². The monoisotopic (exact) mass is 1520 g/mol. The van der Waals surface area contributed by atoms with E-state index in [1.807, 2.05) is 119 Å². The van der Waals surface area contributed by atoms with E-state index >= 15 is 0 Å². The lowest BCUT2D eigenvalue weighted by Gasteiger charge is -2.11. The Morgan fingerprint density at radius 3 is 0.940 bits per heavy atom. The van der Waals surface area contributed by atoms with Gasteiger partial charge in [0.25, 0.3) is 0 Å². The van der Waals surface area contributed by atoms with Crippen LogP contribution < -0.4 is 18.3 Å². The molecule has 0 bridgehead atoms. The molecule has 0 amide bonds. The summed E-state index contributed by atoms with van der Waals surface area (Å²) in [6.07, 6.45) is 8.15. The molecule has 0 atom stereocenters. The maximum absolute atomic E-state index is 8.09. The highest BCUT2D eigenvalue weighted by Gasteiger charge is 2.29. The summed E-state index contributed by atoms with van der Waals surface area (Å²) >= 11 is 0. The summed E-state index contributed by atoms with van der Waals surface area (Å²) in [6.45, 7) is 20.6. The minimum absolute atomic E-state index is 0.321. The quantitative estimate of drug-likeness (QED) is 0.138.